The van der Waals surface area contributed by atoms with Gasteiger partial charge in [0, 0.05) is 36.9 Å². The molecule has 0 aliphatic carbocycles. The van der Waals surface area contributed by atoms with Crippen molar-refractivity contribution in [2.45, 2.75) is 59.0 Å². The smallest absolute Gasteiger partial charge is 0.133 e. The van der Waals surface area contributed by atoms with E-state index in [0.29, 0.717) is 0 Å². The summed E-state index contributed by atoms with van der Waals surface area (Å²) in [7, 11) is 0. The lowest BCUT2D eigenvalue weighted by atomic mass is 9.94. The second kappa shape index (κ2) is 6.57. The number of piperidine rings is 1. The molecule has 1 N–H and O–H groups in total. The van der Waals surface area contributed by atoms with Crippen LogP contribution >= 0.6 is 0 Å². The molecule has 1 saturated heterocycles. The van der Waals surface area contributed by atoms with Gasteiger partial charge in [-0.1, -0.05) is 19.4 Å². The first kappa shape index (κ1) is 15.3. The first-order valence-electron chi connectivity index (χ1n) is 7.93. The average Bonchev–Trinajstić information content (AvgIpc) is 2.45. The summed E-state index contributed by atoms with van der Waals surface area (Å²) in [5, 5.41) is 3.57. The van der Waals surface area contributed by atoms with Gasteiger partial charge in [-0.2, -0.15) is 0 Å². The van der Waals surface area contributed by atoms with Gasteiger partial charge in [0.1, 0.15) is 5.82 Å². The second-order valence-electron chi connectivity index (χ2n) is 6.93. The molecule has 2 heterocycles. The highest BCUT2D eigenvalue weighted by Gasteiger charge is 2.21. The van der Waals surface area contributed by atoms with Crippen LogP contribution in [0.2, 0.25) is 0 Å². The van der Waals surface area contributed by atoms with Gasteiger partial charge in [-0.05, 0) is 45.6 Å². The van der Waals surface area contributed by atoms with E-state index < -0.39 is 0 Å². The molecule has 2 rings (SSSR count). The van der Waals surface area contributed by atoms with Crippen LogP contribution in [0.15, 0.2) is 18.3 Å². The molecule has 3 nitrogen and oxygen atoms in total. The Morgan fingerprint density at radius 3 is 2.60 bits per heavy atom. The summed E-state index contributed by atoms with van der Waals surface area (Å²) in [5.74, 6) is 2.09. The maximum Gasteiger partial charge on any atom is 0.133 e. The van der Waals surface area contributed by atoms with Crippen LogP contribution in [0.5, 0.6) is 0 Å². The Morgan fingerprint density at radius 1 is 1.30 bits per heavy atom. The van der Waals surface area contributed by atoms with Gasteiger partial charge in [0.25, 0.3) is 0 Å². The maximum absolute atomic E-state index is 4.64. The Morgan fingerprint density at radius 2 is 2.00 bits per heavy atom. The van der Waals surface area contributed by atoms with Crippen molar-refractivity contribution in [1.29, 1.82) is 0 Å². The highest BCUT2D eigenvalue weighted by Crippen LogP contribution is 2.26. The maximum atomic E-state index is 4.64. The van der Waals surface area contributed by atoms with E-state index in [9.17, 15) is 0 Å². The number of rotatable bonds is 4. The molecular formula is C17H29N3. The Bertz CT molecular complexity index is 414. The highest BCUT2D eigenvalue weighted by atomic mass is 15.2. The van der Waals surface area contributed by atoms with Crippen LogP contribution in [-0.4, -0.2) is 23.6 Å². The Hall–Kier alpha value is -1.09. The molecular weight excluding hydrogens is 246 g/mol. The number of hydrogen-bond donors (Lipinski definition) is 1. The van der Waals surface area contributed by atoms with Gasteiger partial charge >= 0.3 is 0 Å². The predicted molar refractivity (Wildman–Crippen MR) is 86.1 cm³/mol. The molecule has 0 unspecified atom stereocenters. The third kappa shape index (κ3) is 4.20. The minimum absolute atomic E-state index is 0.141. The molecule has 0 aromatic carbocycles. The van der Waals surface area contributed by atoms with Crippen LogP contribution in [-0.2, 0) is 6.54 Å². The normalized spacial score (nSPS) is 17.5. The lowest BCUT2D eigenvalue weighted by Crippen LogP contribution is -2.37. The largest absolute Gasteiger partial charge is 0.356 e. The lowest BCUT2D eigenvalue weighted by molar-refractivity contribution is 0.391. The summed E-state index contributed by atoms with van der Waals surface area (Å²) >= 11 is 0. The molecule has 0 spiro atoms. The first-order valence-corrected chi connectivity index (χ1v) is 7.93. The SMILES string of the molecule is CCC1CCN(c2ncccc2CNC(C)(C)C)CC1. The first-order chi connectivity index (χ1) is 9.49. The summed E-state index contributed by atoms with van der Waals surface area (Å²) in [6.07, 6.45) is 5.84. The number of hydrogen-bond acceptors (Lipinski definition) is 3. The van der Waals surface area contributed by atoms with Gasteiger partial charge in [-0.15, -0.1) is 0 Å². The monoisotopic (exact) mass is 275 g/mol. The average molecular weight is 275 g/mol. The van der Waals surface area contributed by atoms with Crippen LogP contribution < -0.4 is 10.2 Å². The molecule has 1 aliphatic heterocycles. The minimum Gasteiger partial charge on any atom is -0.356 e. The predicted octanol–water partition coefficient (Wildman–Crippen LogP) is 3.60. The van der Waals surface area contributed by atoms with Gasteiger partial charge in [0.15, 0.2) is 0 Å². The molecule has 1 fully saturated rings. The van der Waals surface area contributed by atoms with Crippen molar-refractivity contribution < 1.29 is 0 Å². The summed E-state index contributed by atoms with van der Waals surface area (Å²) in [5.41, 5.74) is 1.46. The number of aromatic nitrogens is 1. The van der Waals surface area contributed by atoms with Crippen molar-refractivity contribution in [3.63, 3.8) is 0 Å². The van der Waals surface area contributed by atoms with Crippen LogP contribution in [0.4, 0.5) is 5.82 Å². The number of anilines is 1. The van der Waals surface area contributed by atoms with Gasteiger partial charge in [0.2, 0.25) is 0 Å². The molecule has 1 aromatic heterocycles. The van der Waals surface area contributed by atoms with Gasteiger partial charge < -0.3 is 10.2 Å². The van der Waals surface area contributed by atoms with E-state index in [1.54, 1.807) is 0 Å². The van der Waals surface area contributed by atoms with E-state index in [0.717, 1.165) is 25.6 Å². The van der Waals surface area contributed by atoms with Gasteiger partial charge in [-0.25, -0.2) is 4.98 Å². The molecule has 0 radical (unpaired) electrons. The number of nitrogens with one attached hydrogen (secondary N) is 1. The van der Waals surface area contributed by atoms with Gasteiger partial charge in [0.05, 0.1) is 0 Å². The fraction of sp³-hybridized carbons (Fsp3) is 0.706. The van der Waals surface area contributed by atoms with E-state index in [2.05, 4.69) is 49.0 Å². The fourth-order valence-electron chi connectivity index (χ4n) is 2.77. The molecule has 112 valence electrons. The minimum atomic E-state index is 0.141. The summed E-state index contributed by atoms with van der Waals surface area (Å²) in [6.45, 7) is 12.1. The fourth-order valence-corrected chi connectivity index (χ4v) is 2.77. The molecule has 3 heteroatoms. The van der Waals surface area contributed by atoms with E-state index in [-0.39, 0.29) is 5.54 Å². The third-order valence-electron chi connectivity index (χ3n) is 4.17. The van der Waals surface area contributed by atoms with Crippen LogP contribution in [0.3, 0.4) is 0 Å². The van der Waals surface area contributed by atoms with Crippen LogP contribution in [0.1, 0.15) is 52.5 Å². The quantitative estimate of drug-likeness (QED) is 0.910. The number of pyridine rings is 1. The topological polar surface area (TPSA) is 28.2 Å². The zero-order valence-electron chi connectivity index (χ0n) is 13.4. The lowest BCUT2D eigenvalue weighted by Gasteiger charge is -2.34. The van der Waals surface area contributed by atoms with Crippen molar-refractivity contribution in [3.8, 4) is 0 Å². The molecule has 0 atom stereocenters. The van der Waals surface area contributed by atoms with E-state index in [1.165, 1.54) is 30.6 Å². The van der Waals surface area contributed by atoms with Crippen molar-refractivity contribution in [2.24, 2.45) is 5.92 Å². The van der Waals surface area contributed by atoms with Crippen molar-refractivity contribution in [3.05, 3.63) is 23.9 Å². The highest BCUT2D eigenvalue weighted by molar-refractivity contribution is 5.47. The molecule has 0 saturated carbocycles. The zero-order chi connectivity index (χ0) is 14.6. The summed E-state index contributed by atoms with van der Waals surface area (Å²) in [6, 6.07) is 4.24. The molecule has 0 amide bonds. The Kier molecular flexibility index (Phi) is 5.03. The van der Waals surface area contributed by atoms with Crippen molar-refractivity contribution in [1.82, 2.24) is 10.3 Å². The molecule has 20 heavy (non-hydrogen) atoms. The third-order valence-corrected chi connectivity index (χ3v) is 4.17. The molecule has 1 aromatic rings. The summed E-state index contributed by atoms with van der Waals surface area (Å²) < 4.78 is 0. The summed E-state index contributed by atoms with van der Waals surface area (Å²) in [4.78, 5) is 7.10. The van der Waals surface area contributed by atoms with Crippen LogP contribution in [0, 0.1) is 5.92 Å². The number of nitrogens with zero attached hydrogens (tertiary/aromatic N) is 2. The van der Waals surface area contributed by atoms with Gasteiger partial charge in [-0.3, -0.25) is 0 Å². The van der Waals surface area contributed by atoms with E-state index in [1.807, 2.05) is 12.3 Å². The zero-order valence-corrected chi connectivity index (χ0v) is 13.4. The van der Waals surface area contributed by atoms with Crippen molar-refractivity contribution >= 4 is 5.82 Å². The van der Waals surface area contributed by atoms with E-state index in [4.69, 9.17) is 0 Å². The second-order valence-corrected chi connectivity index (χ2v) is 6.93. The van der Waals surface area contributed by atoms with E-state index >= 15 is 0 Å². The standard InChI is InChI=1S/C17H29N3/c1-5-14-8-11-20(12-9-14)16-15(7-6-10-18-16)13-19-17(2,3)4/h6-7,10,14,19H,5,8-9,11-13H2,1-4H3. The van der Waals surface area contributed by atoms with Crippen molar-refractivity contribution in [2.75, 3.05) is 18.0 Å². The molecule has 1 aliphatic rings. The Labute approximate surface area is 123 Å². The van der Waals surface area contributed by atoms with Crippen LogP contribution in [0.25, 0.3) is 0 Å². The molecule has 0 bridgehead atoms. The Balaban J connectivity index is 2.04.